The number of thiazole rings is 1. The molecule has 1 saturated heterocycles. The van der Waals surface area contributed by atoms with Crippen molar-refractivity contribution in [2.75, 3.05) is 6.54 Å². The predicted molar refractivity (Wildman–Crippen MR) is 85.5 cm³/mol. The van der Waals surface area contributed by atoms with Gasteiger partial charge in [-0.25, -0.2) is 4.98 Å². The van der Waals surface area contributed by atoms with E-state index in [1.807, 2.05) is 0 Å². The molecule has 0 radical (unpaired) electrons. The lowest BCUT2D eigenvalue weighted by Gasteiger charge is -2.24. The molecule has 1 aromatic heterocycles. The normalized spacial score (nSPS) is 28.3. The van der Waals surface area contributed by atoms with E-state index in [0.29, 0.717) is 12.6 Å². The zero-order valence-electron chi connectivity index (χ0n) is 12.7. The van der Waals surface area contributed by atoms with Crippen molar-refractivity contribution in [1.82, 2.24) is 15.6 Å². The third-order valence-electron chi connectivity index (χ3n) is 4.76. The van der Waals surface area contributed by atoms with Gasteiger partial charge in [0.1, 0.15) is 0 Å². The molecule has 1 aliphatic carbocycles. The Labute approximate surface area is 130 Å². The average Bonchev–Trinajstić information content (AvgIpc) is 3.13. The van der Waals surface area contributed by atoms with Crippen molar-refractivity contribution >= 4 is 17.2 Å². The molecule has 5 heteroatoms. The molecule has 1 amide bonds. The van der Waals surface area contributed by atoms with Crippen LogP contribution in [0.4, 0.5) is 0 Å². The van der Waals surface area contributed by atoms with E-state index in [2.05, 4.69) is 27.9 Å². The first kappa shape index (κ1) is 15.0. The summed E-state index contributed by atoms with van der Waals surface area (Å²) in [5.74, 6) is 0.899. The first-order chi connectivity index (χ1) is 10.3. The molecule has 21 heavy (non-hydrogen) atoms. The maximum absolute atomic E-state index is 12.2. The van der Waals surface area contributed by atoms with Gasteiger partial charge in [-0.15, -0.1) is 11.3 Å². The second kappa shape index (κ2) is 6.88. The maximum atomic E-state index is 12.2. The second-order valence-corrected chi connectivity index (χ2v) is 7.18. The van der Waals surface area contributed by atoms with Gasteiger partial charge in [-0.3, -0.25) is 4.79 Å². The number of hydrogen-bond acceptors (Lipinski definition) is 4. The standard InChI is InChI=1S/C16H25N3OS/c1-2-15-18-12(10-21-15)7-8-17-16(20)14-9-11-5-3-4-6-13(11)19-14/h10-11,13-14,19H,2-9H2,1H3,(H,17,20). The fourth-order valence-corrected chi connectivity index (χ4v) is 4.36. The monoisotopic (exact) mass is 307 g/mol. The summed E-state index contributed by atoms with van der Waals surface area (Å²) in [7, 11) is 0. The maximum Gasteiger partial charge on any atom is 0.237 e. The molecule has 4 nitrogen and oxygen atoms in total. The van der Waals surface area contributed by atoms with E-state index in [1.54, 1.807) is 11.3 Å². The van der Waals surface area contributed by atoms with E-state index >= 15 is 0 Å². The van der Waals surface area contributed by atoms with Gasteiger partial charge in [-0.05, 0) is 31.6 Å². The van der Waals surface area contributed by atoms with Gasteiger partial charge in [0.2, 0.25) is 5.91 Å². The van der Waals surface area contributed by atoms with Gasteiger partial charge >= 0.3 is 0 Å². The number of carbonyl (C=O) groups is 1. The Morgan fingerprint density at radius 3 is 3.10 bits per heavy atom. The van der Waals surface area contributed by atoms with Crippen LogP contribution in [0.5, 0.6) is 0 Å². The summed E-state index contributed by atoms with van der Waals surface area (Å²) in [5, 5.41) is 9.89. The summed E-state index contributed by atoms with van der Waals surface area (Å²) in [6.45, 7) is 2.81. The smallest absolute Gasteiger partial charge is 0.237 e. The largest absolute Gasteiger partial charge is 0.354 e. The van der Waals surface area contributed by atoms with Gasteiger partial charge in [0.25, 0.3) is 0 Å². The van der Waals surface area contributed by atoms with Crippen LogP contribution < -0.4 is 10.6 Å². The first-order valence-corrected chi connectivity index (χ1v) is 9.11. The zero-order valence-corrected chi connectivity index (χ0v) is 13.5. The van der Waals surface area contributed by atoms with Crippen molar-refractivity contribution in [2.45, 2.75) is 64.0 Å². The number of aryl methyl sites for hydroxylation is 1. The number of aromatic nitrogens is 1. The van der Waals surface area contributed by atoms with Crippen LogP contribution in [-0.4, -0.2) is 29.5 Å². The quantitative estimate of drug-likeness (QED) is 0.877. The Bertz CT molecular complexity index is 474. The van der Waals surface area contributed by atoms with Crippen LogP contribution in [0.3, 0.4) is 0 Å². The molecule has 0 bridgehead atoms. The van der Waals surface area contributed by atoms with Gasteiger partial charge in [0, 0.05) is 24.4 Å². The van der Waals surface area contributed by atoms with Gasteiger partial charge < -0.3 is 10.6 Å². The third-order valence-corrected chi connectivity index (χ3v) is 5.80. The Balaban J connectivity index is 1.42. The Morgan fingerprint density at radius 1 is 1.48 bits per heavy atom. The highest BCUT2D eigenvalue weighted by Crippen LogP contribution is 2.33. The van der Waals surface area contributed by atoms with E-state index in [4.69, 9.17) is 0 Å². The SMILES string of the molecule is CCc1nc(CCNC(=O)C2CC3CCCCC3N2)cs1. The van der Waals surface area contributed by atoms with E-state index in [-0.39, 0.29) is 11.9 Å². The van der Waals surface area contributed by atoms with Crippen LogP contribution in [0.25, 0.3) is 0 Å². The minimum absolute atomic E-state index is 0.0275. The lowest BCUT2D eigenvalue weighted by atomic mass is 9.85. The van der Waals surface area contributed by atoms with Gasteiger partial charge in [-0.2, -0.15) is 0 Å². The third kappa shape index (κ3) is 3.64. The molecule has 3 atom stereocenters. The lowest BCUT2D eigenvalue weighted by molar-refractivity contribution is -0.122. The number of fused-ring (bicyclic) bond motifs is 1. The number of rotatable bonds is 5. The summed E-state index contributed by atoms with van der Waals surface area (Å²) < 4.78 is 0. The molecule has 1 saturated carbocycles. The van der Waals surface area contributed by atoms with Gasteiger partial charge in [0.15, 0.2) is 0 Å². The molecular weight excluding hydrogens is 282 g/mol. The highest BCUT2D eigenvalue weighted by atomic mass is 32.1. The van der Waals surface area contributed by atoms with Crippen molar-refractivity contribution in [3.8, 4) is 0 Å². The van der Waals surface area contributed by atoms with E-state index in [9.17, 15) is 4.79 Å². The van der Waals surface area contributed by atoms with Crippen LogP contribution in [0.2, 0.25) is 0 Å². The minimum Gasteiger partial charge on any atom is -0.354 e. The molecule has 116 valence electrons. The molecular formula is C16H25N3OS. The summed E-state index contributed by atoms with van der Waals surface area (Å²) in [6.07, 6.45) is 8.03. The van der Waals surface area contributed by atoms with E-state index < -0.39 is 0 Å². The summed E-state index contributed by atoms with van der Waals surface area (Å²) in [6, 6.07) is 0.611. The van der Waals surface area contributed by atoms with Crippen molar-refractivity contribution < 1.29 is 4.79 Å². The van der Waals surface area contributed by atoms with Crippen LogP contribution in [0.1, 0.15) is 49.7 Å². The second-order valence-electron chi connectivity index (χ2n) is 6.23. The van der Waals surface area contributed by atoms with Crippen LogP contribution in [0, 0.1) is 5.92 Å². The molecule has 3 rings (SSSR count). The van der Waals surface area contributed by atoms with Crippen molar-refractivity contribution in [3.63, 3.8) is 0 Å². The molecule has 3 unspecified atom stereocenters. The van der Waals surface area contributed by atoms with Crippen LogP contribution in [-0.2, 0) is 17.6 Å². The van der Waals surface area contributed by atoms with Crippen molar-refractivity contribution in [2.24, 2.45) is 5.92 Å². The average molecular weight is 307 g/mol. The summed E-state index contributed by atoms with van der Waals surface area (Å²) in [5.41, 5.74) is 1.10. The van der Waals surface area contributed by atoms with Crippen LogP contribution >= 0.6 is 11.3 Å². The minimum atomic E-state index is 0.0275. The molecule has 1 aliphatic heterocycles. The summed E-state index contributed by atoms with van der Waals surface area (Å²) in [4.78, 5) is 16.8. The highest BCUT2D eigenvalue weighted by molar-refractivity contribution is 7.09. The fraction of sp³-hybridized carbons (Fsp3) is 0.750. The number of nitrogens with zero attached hydrogens (tertiary/aromatic N) is 1. The molecule has 1 aromatic rings. The Kier molecular flexibility index (Phi) is 4.91. The Morgan fingerprint density at radius 2 is 2.33 bits per heavy atom. The number of carbonyl (C=O) groups excluding carboxylic acids is 1. The van der Waals surface area contributed by atoms with Crippen molar-refractivity contribution in [1.29, 1.82) is 0 Å². The topological polar surface area (TPSA) is 54.0 Å². The van der Waals surface area contributed by atoms with Crippen LogP contribution in [0.15, 0.2) is 5.38 Å². The highest BCUT2D eigenvalue weighted by Gasteiger charge is 2.37. The van der Waals surface area contributed by atoms with E-state index in [0.717, 1.165) is 30.9 Å². The molecule has 2 N–H and O–H groups in total. The molecule has 2 fully saturated rings. The van der Waals surface area contributed by atoms with Gasteiger partial charge in [-0.1, -0.05) is 19.8 Å². The predicted octanol–water partition coefficient (Wildman–Crippen LogP) is 2.28. The summed E-state index contributed by atoms with van der Waals surface area (Å²) >= 11 is 1.71. The number of hydrogen-bond donors (Lipinski definition) is 2. The number of amides is 1. The molecule has 0 aromatic carbocycles. The molecule has 2 aliphatic rings. The molecule has 2 heterocycles. The fourth-order valence-electron chi connectivity index (χ4n) is 3.58. The van der Waals surface area contributed by atoms with Crippen molar-refractivity contribution in [3.05, 3.63) is 16.1 Å². The zero-order chi connectivity index (χ0) is 14.7. The molecule has 0 spiro atoms. The first-order valence-electron chi connectivity index (χ1n) is 8.23. The van der Waals surface area contributed by atoms with E-state index in [1.165, 1.54) is 30.7 Å². The Hall–Kier alpha value is -0.940. The lowest BCUT2D eigenvalue weighted by Crippen LogP contribution is -2.43. The number of nitrogens with one attached hydrogen (secondary N) is 2. The van der Waals surface area contributed by atoms with Gasteiger partial charge in [0.05, 0.1) is 16.7 Å².